The Labute approximate surface area is 142 Å². The zero-order valence-corrected chi connectivity index (χ0v) is 13.6. The second-order valence-corrected chi connectivity index (χ2v) is 6.73. The van der Waals surface area contributed by atoms with Crippen molar-refractivity contribution < 1.29 is 13.6 Å². The van der Waals surface area contributed by atoms with Gasteiger partial charge < -0.3 is 5.32 Å². The quantitative estimate of drug-likeness (QED) is 0.889. The van der Waals surface area contributed by atoms with Crippen molar-refractivity contribution in [1.82, 2.24) is 4.98 Å². The summed E-state index contributed by atoms with van der Waals surface area (Å²) in [5.41, 5.74) is -0.117. The zero-order chi connectivity index (χ0) is 17.2. The first-order valence-electron chi connectivity index (χ1n) is 7.68. The van der Waals surface area contributed by atoms with E-state index < -0.39 is 17.0 Å². The number of hydrogen-bond acceptors (Lipinski definition) is 4. The van der Waals surface area contributed by atoms with Crippen LogP contribution in [0.3, 0.4) is 0 Å². The molecule has 1 aromatic heterocycles. The lowest BCUT2D eigenvalue weighted by atomic mass is 9.74. The van der Waals surface area contributed by atoms with Gasteiger partial charge in [0, 0.05) is 10.9 Å². The summed E-state index contributed by atoms with van der Waals surface area (Å²) < 4.78 is 26.3. The predicted molar refractivity (Wildman–Crippen MR) is 87.2 cm³/mol. The Balaban J connectivity index is 1.77. The van der Waals surface area contributed by atoms with Gasteiger partial charge in [0.05, 0.1) is 11.8 Å². The number of nitrogens with zero attached hydrogens (tertiary/aromatic N) is 2. The maximum Gasteiger partial charge on any atom is 0.246 e. The first-order valence-corrected chi connectivity index (χ1v) is 8.56. The summed E-state index contributed by atoms with van der Waals surface area (Å²) in [6, 6.07) is 5.69. The van der Waals surface area contributed by atoms with Crippen LogP contribution in [-0.4, -0.2) is 10.9 Å². The summed E-state index contributed by atoms with van der Waals surface area (Å²) in [5, 5.41) is 14.1. The van der Waals surface area contributed by atoms with Crippen LogP contribution < -0.4 is 5.32 Å². The zero-order valence-electron chi connectivity index (χ0n) is 12.8. The Bertz CT molecular complexity index is 806. The van der Waals surface area contributed by atoms with Crippen LogP contribution in [0.15, 0.2) is 23.6 Å². The Morgan fingerprint density at radius 2 is 2.00 bits per heavy atom. The molecule has 1 fully saturated rings. The molecular weight excluding hydrogens is 332 g/mol. The van der Waals surface area contributed by atoms with Gasteiger partial charge in [-0.3, -0.25) is 4.79 Å². The number of amides is 1. The minimum absolute atomic E-state index is 0.337. The van der Waals surface area contributed by atoms with Crippen LogP contribution >= 0.6 is 11.3 Å². The molecule has 0 aliphatic heterocycles. The molecule has 124 valence electrons. The third-order valence-corrected chi connectivity index (χ3v) is 5.05. The number of aromatic nitrogens is 1. The highest BCUT2D eigenvalue weighted by Gasteiger charge is 2.40. The maximum atomic E-state index is 13.3. The second kappa shape index (κ2) is 6.65. The van der Waals surface area contributed by atoms with Gasteiger partial charge in [0.25, 0.3) is 0 Å². The summed E-state index contributed by atoms with van der Waals surface area (Å²) in [7, 11) is 0. The van der Waals surface area contributed by atoms with Crippen LogP contribution in [0.2, 0.25) is 0 Å². The maximum absolute atomic E-state index is 13.3. The largest absolute Gasteiger partial charge is 0.301 e. The summed E-state index contributed by atoms with van der Waals surface area (Å²) in [6.45, 7) is 0. The van der Waals surface area contributed by atoms with E-state index in [1.807, 2.05) is 0 Å². The number of nitriles is 1. The lowest BCUT2D eigenvalue weighted by molar-refractivity contribution is -0.124. The first-order chi connectivity index (χ1) is 11.5. The predicted octanol–water partition coefficient (Wildman–Crippen LogP) is 4.50. The minimum atomic E-state index is -0.994. The smallest absolute Gasteiger partial charge is 0.246 e. The van der Waals surface area contributed by atoms with Crippen LogP contribution in [-0.2, 0) is 4.79 Å². The number of carbonyl (C=O) groups excluding carboxylic acids is 1. The van der Waals surface area contributed by atoms with Gasteiger partial charge in [-0.1, -0.05) is 19.3 Å². The van der Waals surface area contributed by atoms with Crippen LogP contribution in [0.25, 0.3) is 11.3 Å². The molecule has 1 aromatic carbocycles. The van der Waals surface area contributed by atoms with E-state index in [2.05, 4.69) is 16.4 Å². The Morgan fingerprint density at radius 1 is 1.25 bits per heavy atom. The summed E-state index contributed by atoms with van der Waals surface area (Å²) >= 11 is 1.19. The average Bonchev–Trinajstić information content (AvgIpc) is 3.06. The molecule has 24 heavy (non-hydrogen) atoms. The number of anilines is 1. The summed E-state index contributed by atoms with van der Waals surface area (Å²) in [4.78, 5) is 16.7. The van der Waals surface area contributed by atoms with Crippen molar-refractivity contribution in [2.24, 2.45) is 5.41 Å². The normalized spacial score (nSPS) is 16.4. The Hall–Kier alpha value is -2.33. The van der Waals surface area contributed by atoms with Crippen molar-refractivity contribution in [1.29, 1.82) is 5.26 Å². The highest BCUT2D eigenvalue weighted by atomic mass is 32.1. The van der Waals surface area contributed by atoms with Crippen molar-refractivity contribution in [2.75, 3.05) is 5.32 Å². The molecule has 3 rings (SSSR count). The van der Waals surface area contributed by atoms with Gasteiger partial charge >= 0.3 is 0 Å². The molecule has 1 N–H and O–H groups in total. The Morgan fingerprint density at radius 3 is 2.67 bits per heavy atom. The fourth-order valence-electron chi connectivity index (χ4n) is 2.88. The number of carbonyl (C=O) groups is 1. The third-order valence-electron chi connectivity index (χ3n) is 4.30. The molecule has 1 aliphatic carbocycles. The first kappa shape index (κ1) is 16.5. The van der Waals surface area contributed by atoms with E-state index in [1.165, 1.54) is 17.4 Å². The van der Waals surface area contributed by atoms with Crippen molar-refractivity contribution >= 4 is 22.4 Å². The molecule has 0 unspecified atom stereocenters. The van der Waals surface area contributed by atoms with Crippen LogP contribution in [0.5, 0.6) is 0 Å². The minimum Gasteiger partial charge on any atom is -0.301 e. The second-order valence-electron chi connectivity index (χ2n) is 5.88. The molecule has 1 saturated carbocycles. The van der Waals surface area contributed by atoms with E-state index in [-0.39, 0.29) is 5.91 Å². The number of rotatable bonds is 3. The van der Waals surface area contributed by atoms with Crippen molar-refractivity contribution in [3.63, 3.8) is 0 Å². The van der Waals surface area contributed by atoms with Gasteiger partial charge in [-0.05, 0) is 31.0 Å². The number of hydrogen-bond donors (Lipinski definition) is 1. The van der Waals surface area contributed by atoms with Crippen molar-refractivity contribution in [3.8, 4) is 17.3 Å². The van der Waals surface area contributed by atoms with Gasteiger partial charge in [-0.2, -0.15) is 5.26 Å². The standard InChI is InChI=1S/C17H15F2N3OS/c18-12-5-4-11(8-13(12)19)14-9-24-16(21-14)22-15(23)17(10-20)6-2-1-3-7-17/h4-5,8-9H,1-3,6-7H2,(H,21,22,23). The molecular formula is C17H15F2N3OS. The fourth-order valence-corrected chi connectivity index (χ4v) is 3.60. The molecule has 0 saturated heterocycles. The molecule has 0 radical (unpaired) electrons. The van der Waals surface area contributed by atoms with E-state index in [0.29, 0.717) is 29.2 Å². The number of thiazole rings is 1. The number of benzene rings is 1. The van der Waals surface area contributed by atoms with Gasteiger partial charge in [-0.25, -0.2) is 13.8 Å². The van der Waals surface area contributed by atoms with E-state index in [9.17, 15) is 18.8 Å². The van der Waals surface area contributed by atoms with Gasteiger partial charge in [0.2, 0.25) is 5.91 Å². The lowest BCUT2D eigenvalue weighted by Gasteiger charge is -2.28. The van der Waals surface area contributed by atoms with Crippen LogP contribution in [0.4, 0.5) is 13.9 Å². The van der Waals surface area contributed by atoms with Gasteiger partial charge in [-0.15, -0.1) is 11.3 Å². The fraction of sp³-hybridized carbons (Fsp3) is 0.353. The highest BCUT2D eigenvalue weighted by Crippen LogP contribution is 2.37. The van der Waals surface area contributed by atoms with Crippen LogP contribution in [0, 0.1) is 28.4 Å². The molecule has 2 aromatic rings. The summed E-state index contributed by atoms with van der Waals surface area (Å²) in [5.74, 6) is -2.21. The SMILES string of the molecule is N#CC1(C(=O)Nc2nc(-c3ccc(F)c(F)c3)cs2)CCCCC1. The summed E-state index contributed by atoms with van der Waals surface area (Å²) in [6.07, 6.45) is 3.86. The average molecular weight is 347 g/mol. The molecule has 1 amide bonds. The van der Waals surface area contributed by atoms with E-state index in [4.69, 9.17) is 0 Å². The molecule has 7 heteroatoms. The van der Waals surface area contributed by atoms with Crippen LogP contribution in [0.1, 0.15) is 32.1 Å². The van der Waals surface area contributed by atoms with E-state index >= 15 is 0 Å². The Kier molecular flexibility index (Phi) is 4.58. The van der Waals surface area contributed by atoms with E-state index in [0.717, 1.165) is 31.4 Å². The molecule has 0 atom stereocenters. The molecule has 4 nitrogen and oxygen atoms in total. The monoisotopic (exact) mass is 347 g/mol. The molecule has 1 aliphatic rings. The van der Waals surface area contributed by atoms with Crippen molar-refractivity contribution in [2.45, 2.75) is 32.1 Å². The molecule has 0 bridgehead atoms. The van der Waals surface area contributed by atoms with Crippen molar-refractivity contribution in [3.05, 3.63) is 35.2 Å². The topological polar surface area (TPSA) is 65.8 Å². The number of nitrogens with one attached hydrogen (secondary N) is 1. The van der Waals surface area contributed by atoms with E-state index in [1.54, 1.807) is 5.38 Å². The lowest BCUT2D eigenvalue weighted by Crippen LogP contribution is -2.36. The third kappa shape index (κ3) is 3.15. The highest BCUT2D eigenvalue weighted by molar-refractivity contribution is 7.14. The van der Waals surface area contributed by atoms with Gasteiger partial charge in [0.15, 0.2) is 16.8 Å². The molecule has 1 heterocycles. The molecule has 0 spiro atoms. The number of halogens is 2. The van der Waals surface area contributed by atoms with Gasteiger partial charge in [0.1, 0.15) is 5.41 Å².